The third kappa shape index (κ3) is 6.91. The van der Waals surface area contributed by atoms with Crippen molar-refractivity contribution in [3.05, 3.63) is 46.8 Å². The summed E-state index contributed by atoms with van der Waals surface area (Å²) in [5.41, 5.74) is 0.0509. The summed E-state index contributed by atoms with van der Waals surface area (Å²) in [5, 5.41) is 0. The Bertz CT molecular complexity index is 805. The minimum Gasteiger partial charge on any atom is -0.369 e. The average molecular weight is 465 g/mol. The zero-order chi connectivity index (χ0) is 20.1. The van der Waals surface area contributed by atoms with E-state index in [1.807, 2.05) is 17.0 Å². The Balaban J connectivity index is 0.00000300. The van der Waals surface area contributed by atoms with Crippen molar-refractivity contribution in [3.63, 3.8) is 0 Å². The molecule has 0 amide bonds. The third-order valence-electron chi connectivity index (χ3n) is 4.70. The van der Waals surface area contributed by atoms with Gasteiger partial charge in [-0.3, -0.25) is 9.69 Å². The highest BCUT2D eigenvalue weighted by atomic mass is 35.5. The Morgan fingerprint density at radius 1 is 1.14 bits per heavy atom. The van der Waals surface area contributed by atoms with Gasteiger partial charge < -0.3 is 4.90 Å². The molecule has 0 radical (unpaired) electrons. The van der Waals surface area contributed by atoms with Gasteiger partial charge in [0.2, 0.25) is 0 Å². The predicted molar refractivity (Wildman–Crippen MR) is 117 cm³/mol. The van der Waals surface area contributed by atoms with Crippen LogP contribution in [0.3, 0.4) is 0 Å². The molecule has 0 spiro atoms. The van der Waals surface area contributed by atoms with Crippen molar-refractivity contribution in [1.29, 1.82) is 0 Å². The molecule has 3 nitrogen and oxygen atoms in total. The number of carbonyl (C=O) groups is 1. The Hall–Kier alpha value is -1.22. The number of hydrogen-bond donors (Lipinski definition) is 0. The van der Waals surface area contributed by atoms with Gasteiger partial charge in [-0.15, -0.1) is 35.5 Å². The number of hydrogen-bond acceptors (Lipinski definition) is 5. The van der Waals surface area contributed by atoms with Gasteiger partial charge >= 0.3 is 6.18 Å². The summed E-state index contributed by atoms with van der Waals surface area (Å²) >= 11 is 3.31. The lowest BCUT2D eigenvalue weighted by Gasteiger charge is -2.36. The van der Waals surface area contributed by atoms with E-state index in [1.54, 1.807) is 36.1 Å². The largest absolute Gasteiger partial charge is 0.416 e. The van der Waals surface area contributed by atoms with Crippen molar-refractivity contribution in [2.24, 2.45) is 0 Å². The molecule has 1 aromatic carbocycles. The summed E-state index contributed by atoms with van der Waals surface area (Å²) in [4.78, 5) is 16.5. The van der Waals surface area contributed by atoms with Crippen LogP contribution < -0.4 is 4.90 Å². The second-order valence-electron chi connectivity index (χ2n) is 6.75. The number of thiophene rings is 1. The van der Waals surface area contributed by atoms with Gasteiger partial charge in [-0.05, 0) is 50.2 Å². The lowest BCUT2D eigenvalue weighted by atomic mass is 10.1. The second-order valence-corrected chi connectivity index (χ2v) is 9.23. The van der Waals surface area contributed by atoms with E-state index in [1.165, 1.54) is 16.3 Å². The molecule has 3 rings (SSSR count). The molecule has 29 heavy (non-hydrogen) atoms. The summed E-state index contributed by atoms with van der Waals surface area (Å²) in [6.07, 6.45) is -3.26. The van der Waals surface area contributed by atoms with Gasteiger partial charge in [0.15, 0.2) is 5.78 Å². The Morgan fingerprint density at radius 2 is 1.86 bits per heavy atom. The topological polar surface area (TPSA) is 23.6 Å². The number of nitrogens with zero attached hydrogens (tertiary/aromatic N) is 2. The van der Waals surface area contributed by atoms with Crippen molar-refractivity contribution in [3.8, 4) is 0 Å². The van der Waals surface area contributed by atoms with Crippen molar-refractivity contribution >= 4 is 47.0 Å². The minimum atomic E-state index is -4.30. The number of piperazine rings is 1. The highest BCUT2D eigenvalue weighted by molar-refractivity contribution is 8.01. The molecule has 0 saturated carbocycles. The smallest absolute Gasteiger partial charge is 0.369 e. The number of alkyl halides is 3. The lowest BCUT2D eigenvalue weighted by molar-refractivity contribution is -0.137. The Kier molecular flexibility index (Phi) is 8.88. The number of benzene rings is 1. The zero-order valence-electron chi connectivity index (χ0n) is 16.1. The van der Waals surface area contributed by atoms with Crippen LogP contribution in [0.1, 0.15) is 28.6 Å². The van der Waals surface area contributed by atoms with Crippen LogP contribution in [-0.2, 0) is 6.18 Å². The average Bonchev–Trinajstić information content (AvgIpc) is 3.14. The SMILES string of the molecule is CC(=O)c1ccc(SCCCN2CCN(c3cccc(C(F)(F)F)c3)CC2)s1.Cl. The van der Waals surface area contributed by atoms with Gasteiger partial charge in [0.25, 0.3) is 0 Å². The third-order valence-corrected chi connectivity index (χ3v) is 7.20. The first-order chi connectivity index (χ1) is 13.3. The van der Waals surface area contributed by atoms with Crippen LogP contribution in [0.5, 0.6) is 0 Å². The first-order valence-corrected chi connectivity index (χ1v) is 11.0. The van der Waals surface area contributed by atoms with E-state index in [4.69, 9.17) is 0 Å². The van der Waals surface area contributed by atoms with Gasteiger partial charge in [0.1, 0.15) is 0 Å². The molecule has 0 bridgehead atoms. The highest BCUT2D eigenvalue weighted by Gasteiger charge is 2.31. The quantitative estimate of drug-likeness (QED) is 0.298. The molecule has 1 saturated heterocycles. The minimum absolute atomic E-state index is 0. The standard InChI is InChI=1S/C20H23F3N2OS2.ClH/c1-15(26)18-6-7-19(28-18)27-13-3-8-24-9-11-25(12-10-24)17-5-2-4-16(14-17)20(21,22)23;/h2,4-7,14H,3,8-13H2,1H3;1H. The molecule has 0 atom stereocenters. The van der Waals surface area contributed by atoms with Crippen LogP contribution in [0.15, 0.2) is 40.6 Å². The van der Waals surface area contributed by atoms with Crippen LogP contribution >= 0.6 is 35.5 Å². The fraction of sp³-hybridized carbons (Fsp3) is 0.450. The van der Waals surface area contributed by atoms with E-state index in [9.17, 15) is 18.0 Å². The molecule has 0 aliphatic carbocycles. The molecule has 0 N–H and O–H groups in total. The van der Waals surface area contributed by atoms with E-state index in [0.29, 0.717) is 5.69 Å². The van der Waals surface area contributed by atoms with E-state index >= 15 is 0 Å². The molecule has 2 aromatic rings. The summed E-state index contributed by atoms with van der Waals surface area (Å²) in [6, 6.07) is 9.46. The fourth-order valence-electron chi connectivity index (χ4n) is 3.16. The number of Topliss-reactive ketones (excluding diaryl/α,β-unsaturated/α-hetero) is 1. The maximum Gasteiger partial charge on any atom is 0.416 e. The summed E-state index contributed by atoms with van der Waals surface area (Å²) in [6.45, 7) is 5.75. The lowest BCUT2D eigenvalue weighted by Crippen LogP contribution is -2.46. The van der Waals surface area contributed by atoms with Crippen molar-refractivity contribution < 1.29 is 18.0 Å². The first kappa shape index (κ1) is 24.1. The van der Waals surface area contributed by atoms with Crippen molar-refractivity contribution in [2.45, 2.75) is 23.7 Å². The Labute approximate surface area is 183 Å². The van der Waals surface area contributed by atoms with Gasteiger partial charge in [0.05, 0.1) is 14.6 Å². The Morgan fingerprint density at radius 3 is 2.48 bits per heavy atom. The number of thioether (sulfide) groups is 1. The molecule has 0 unspecified atom stereocenters. The number of ketones is 1. The molecule has 1 fully saturated rings. The van der Waals surface area contributed by atoms with E-state index in [2.05, 4.69) is 4.90 Å². The van der Waals surface area contributed by atoms with E-state index in [0.717, 1.165) is 55.8 Å². The second kappa shape index (κ2) is 10.7. The maximum atomic E-state index is 12.9. The molecular weight excluding hydrogens is 441 g/mol. The maximum absolute atomic E-state index is 12.9. The molecule has 1 aliphatic heterocycles. The van der Waals surface area contributed by atoms with Crippen molar-refractivity contribution in [2.75, 3.05) is 43.4 Å². The molecule has 1 aliphatic rings. The molecule has 2 heterocycles. The fourth-order valence-corrected chi connectivity index (χ4v) is 5.18. The van der Waals surface area contributed by atoms with Gasteiger partial charge in [-0.25, -0.2) is 0 Å². The number of anilines is 1. The highest BCUT2D eigenvalue weighted by Crippen LogP contribution is 2.32. The monoisotopic (exact) mass is 464 g/mol. The van der Waals surface area contributed by atoms with Crippen LogP contribution in [0, 0.1) is 0 Å². The summed E-state index contributed by atoms with van der Waals surface area (Å²) in [5.74, 6) is 1.10. The van der Waals surface area contributed by atoms with Gasteiger partial charge in [-0.2, -0.15) is 13.2 Å². The number of carbonyl (C=O) groups excluding carboxylic acids is 1. The predicted octanol–water partition coefficient (Wildman–Crippen LogP) is 5.70. The van der Waals surface area contributed by atoms with E-state index < -0.39 is 11.7 Å². The van der Waals surface area contributed by atoms with Crippen molar-refractivity contribution in [1.82, 2.24) is 4.90 Å². The number of halogens is 4. The molecule has 160 valence electrons. The first-order valence-electron chi connectivity index (χ1n) is 9.21. The number of rotatable bonds is 7. The zero-order valence-corrected chi connectivity index (χ0v) is 18.5. The van der Waals surface area contributed by atoms with Crippen LogP contribution in [-0.4, -0.2) is 49.2 Å². The van der Waals surface area contributed by atoms with Crippen LogP contribution in [0.2, 0.25) is 0 Å². The molecular formula is C20H24ClF3N2OS2. The normalized spacial score (nSPS) is 15.2. The van der Waals surface area contributed by atoms with Gasteiger partial charge in [0, 0.05) is 37.6 Å². The van der Waals surface area contributed by atoms with E-state index in [-0.39, 0.29) is 18.2 Å². The summed E-state index contributed by atoms with van der Waals surface area (Å²) < 4.78 is 39.8. The molecule has 9 heteroatoms. The van der Waals surface area contributed by atoms with Crippen LogP contribution in [0.25, 0.3) is 0 Å². The summed E-state index contributed by atoms with van der Waals surface area (Å²) in [7, 11) is 0. The molecule has 1 aromatic heterocycles. The van der Waals surface area contributed by atoms with Gasteiger partial charge in [-0.1, -0.05) is 6.07 Å². The van der Waals surface area contributed by atoms with Crippen LogP contribution in [0.4, 0.5) is 18.9 Å².